The standard InChI is InChI=1S/C32H36F3N3O3.C31H35F3N4O3.C18H30O4.C17H14F3N3O/c1-7-17-31(18-8-2,21(5)39)25(19-20(3)4)29(40)37-28-30(41)38(6)26-16-12-10-14-23(26)27(36-28)22-13-9-11-15-24(22)32(33,34)35;1-6-16-30(17-7-2,29(35)41)23(18-19(3)4)27(39)37-26-28(40)38(5)24-15-11-9-13-21(24)25(36-26)20-12-8-10-14-22(20)31(32,33)34;1-8-10-18(11-9-2,16(21)22-17(5,6)7)14(15(19)20)12-13(3)4;1-23-13-9-5-3-7-11(13)14(22-15(21)16(23)24)10-6-2-4-8-12(10)17(18,19)20/h7-16,20,25,28H,1-2,17-19H2,3-6H3,(H,37,40);6-15,19,23,26H,1-2,16-18H2,3-5H3,(H2,35,41)(H,37,39);8-9,13-14H,1-2,10-12H2,3-7H3,(H,19,20);2-9,15H,21H2,1H3/t25-,28?;23-,26?;14-;/m000./s1. The minimum Gasteiger partial charge on any atom is -0.481 e. The van der Waals surface area contributed by atoms with Crippen molar-refractivity contribution in [2.45, 2.75) is 170 Å². The minimum absolute atomic E-state index is 0.00796. The number of fused-ring (bicyclic) bond motifs is 3. The normalized spacial score (nSPS) is 16.2. The molecule has 0 spiro atoms. The summed E-state index contributed by atoms with van der Waals surface area (Å²) in [4.78, 5) is 135. The summed E-state index contributed by atoms with van der Waals surface area (Å²) in [5.74, 6) is -8.07. The molecule has 30 heteroatoms. The summed E-state index contributed by atoms with van der Waals surface area (Å²) in [5, 5.41) is 15.0. The number of carboxylic acid groups (broad SMARTS) is 1. The minimum atomic E-state index is -4.70. The maximum atomic E-state index is 14.1. The van der Waals surface area contributed by atoms with Gasteiger partial charge in [0.1, 0.15) is 11.4 Å². The van der Waals surface area contributed by atoms with E-state index in [2.05, 4.69) is 65.1 Å². The monoisotopic (exact) mass is 1780 g/mol. The summed E-state index contributed by atoms with van der Waals surface area (Å²) in [6, 6.07) is 34.7. The van der Waals surface area contributed by atoms with Crippen molar-refractivity contribution in [1.82, 2.24) is 10.6 Å². The van der Waals surface area contributed by atoms with Gasteiger partial charge in [-0.3, -0.25) is 48.1 Å². The molecule has 6 aromatic rings. The Kier molecular flexibility index (Phi) is 36.1. The van der Waals surface area contributed by atoms with E-state index in [1.54, 1.807) is 118 Å². The second-order valence-corrected chi connectivity index (χ2v) is 33.8. The molecule has 0 aromatic heterocycles. The molecule has 3 unspecified atom stereocenters. The zero-order chi connectivity index (χ0) is 96.1. The molecule has 3 heterocycles. The predicted molar refractivity (Wildman–Crippen MR) is 481 cm³/mol. The first-order valence-corrected chi connectivity index (χ1v) is 41.5. The number of nitrogens with one attached hydrogen (secondary N) is 2. The number of para-hydroxylation sites is 3. The van der Waals surface area contributed by atoms with Crippen LogP contribution in [-0.2, 0) is 66.4 Å². The van der Waals surface area contributed by atoms with Crippen LogP contribution < -0.4 is 36.8 Å². The number of aliphatic carboxylic acids is 1. The average molecular weight is 1780 g/mol. The average Bonchev–Trinajstić information content (AvgIpc) is 1.39. The fraction of sp³-hybridized carbons (Fsp3) is 0.388. The summed E-state index contributed by atoms with van der Waals surface area (Å²) in [7, 11) is 4.47. The van der Waals surface area contributed by atoms with Crippen molar-refractivity contribution >= 4 is 87.4 Å². The number of nitrogens with zero attached hydrogens (tertiary/aromatic N) is 6. The highest BCUT2D eigenvalue weighted by Crippen LogP contribution is 2.47. The van der Waals surface area contributed by atoms with Crippen molar-refractivity contribution in [3.8, 4) is 0 Å². The number of nitrogens with two attached hydrogens (primary N) is 2. The van der Waals surface area contributed by atoms with Gasteiger partial charge < -0.3 is 46.6 Å². The van der Waals surface area contributed by atoms with Crippen LogP contribution in [-0.4, -0.2) is 121 Å². The molecule has 3 aliphatic rings. The molecule has 6 atom stereocenters. The molecule has 0 fully saturated rings. The molecule has 0 aliphatic carbocycles. The molecular formula is C98H115F9N10O11. The van der Waals surface area contributed by atoms with Crippen molar-refractivity contribution in [2.24, 2.45) is 78.2 Å². The highest BCUT2D eigenvalue weighted by molar-refractivity contribution is 6.23. The number of alkyl halides is 9. The number of benzodiazepines with no additional fused rings is 3. The van der Waals surface area contributed by atoms with Crippen LogP contribution in [0, 0.1) is 51.8 Å². The second kappa shape index (κ2) is 44.3. The van der Waals surface area contributed by atoms with Crippen LogP contribution in [0.3, 0.4) is 0 Å². The fourth-order valence-electron chi connectivity index (χ4n) is 16.1. The lowest BCUT2D eigenvalue weighted by Gasteiger charge is -2.38. The van der Waals surface area contributed by atoms with E-state index in [4.69, 9.17) is 16.2 Å². The third-order valence-electron chi connectivity index (χ3n) is 22.2. The Morgan fingerprint density at radius 1 is 0.430 bits per heavy atom. The Balaban J connectivity index is 0.000000273. The predicted octanol–water partition coefficient (Wildman–Crippen LogP) is 18.6. The summed E-state index contributed by atoms with van der Waals surface area (Å²) in [5.41, 5.74) is 6.09. The number of anilines is 3. The van der Waals surface area contributed by atoms with Crippen molar-refractivity contribution in [1.29, 1.82) is 0 Å². The van der Waals surface area contributed by atoms with Crippen LogP contribution in [0.1, 0.15) is 177 Å². The molecule has 6 aromatic carbocycles. The van der Waals surface area contributed by atoms with Crippen LogP contribution in [0.5, 0.6) is 0 Å². The first-order chi connectivity index (χ1) is 59.9. The molecule has 7 N–H and O–H groups in total. The van der Waals surface area contributed by atoms with Gasteiger partial charge in [0.15, 0.2) is 6.17 Å². The summed E-state index contributed by atoms with van der Waals surface area (Å²) in [6.07, 6.45) is -6.96. The number of carboxylic acids is 1. The van der Waals surface area contributed by atoms with Crippen LogP contribution in [0.25, 0.3) is 0 Å². The summed E-state index contributed by atoms with van der Waals surface area (Å²) in [6.45, 7) is 40.6. The van der Waals surface area contributed by atoms with E-state index < -0.39 is 141 Å². The van der Waals surface area contributed by atoms with Crippen LogP contribution in [0.4, 0.5) is 56.6 Å². The largest absolute Gasteiger partial charge is 0.481 e. The Morgan fingerprint density at radius 2 is 0.695 bits per heavy atom. The number of amides is 6. The number of Topliss-reactive ketones (excluding diaryl/α,β-unsaturated/α-hetero) is 1. The molecule has 0 radical (unpaired) electrons. The lowest BCUT2D eigenvalue weighted by molar-refractivity contribution is -0.177. The van der Waals surface area contributed by atoms with Crippen molar-refractivity contribution in [3.63, 3.8) is 0 Å². The Bertz CT molecular complexity index is 4960. The molecule has 686 valence electrons. The smallest absolute Gasteiger partial charge is 0.417 e. The molecule has 21 nitrogen and oxygen atoms in total. The Labute approximate surface area is 742 Å². The fourth-order valence-corrected chi connectivity index (χ4v) is 16.1. The third kappa shape index (κ3) is 24.8. The maximum Gasteiger partial charge on any atom is 0.417 e. The van der Waals surface area contributed by atoms with Crippen LogP contribution in [0.2, 0.25) is 0 Å². The van der Waals surface area contributed by atoms with Crippen molar-refractivity contribution < 1.29 is 92.5 Å². The highest BCUT2D eigenvalue weighted by atomic mass is 19.4. The molecule has 128 heavy (non-hydrogen) atoms. The number of aliphatic imine (C=N–C) groups is 3. The SMILES string of the molecule is C=CCC(CC=C)(C(=O)OC(C)(C)C)[C@@H](CC(C)C)C(=O)O.C=CCC(CC=C)(C(C)=O)[C@@H](CC(C)C)C(=O)NC1N=C(c2ccccc2C(F)(F)F)c2ccccc2N(C)C1=O.C=CCC(CC=C)(C(N)=O)[C@@H](CC(C)C)C(=O)NC1N=C(c2ccccc2C(F)(F)F)c2ccccc2N(C)C1=O.CN1C(=O)C(N)N=C(c2ccccc2C(F)(F)F)c2ccccc21. The second-order valence-electron chi connectivity index (χ2n) is 33.8. The van der Waals surface area contributed by atoms with E-state index in [0.717, 1.165) is 18.2 Å². The van der Waals surface area contributed by atoms with Crippen LogP contribution in [0.15, 0.2) is 236 Å². The molecule has 3 aliphatic heterocycles. The topological polar surface area (TPSA) is 306 Å². The number of carbonyl (C=O) groups excluding carboxylic acids is 8. The molecule has 6 amide bonds. The zero-order valence-electron chi connectivity index (χ0n) is 74.4. The number of primary amides is 1. The van der Waals surface area contributed by atoms with Gasteiger partial charge in [0.25, 0.3) is 17.7 Å². The van der Waals surface area contributed by atoms with Gasteiger partial charge in [-0.05, 0) is 140 Å². The number of allylic oxidation sites excluding steroid dienone is 6. The number of halogens is 9. The number of benzene rings is 6. The molecule has 0 saturated carbocycles. The number of likely N-dealkylation sites (N-methyl/N-ethyl adjacent to an activating group) is 3. The lowest BCUT2D eigenvalue weighted by Crippen LogP contribution is -2.54. The first kappa shape index (κ1) is 104. The first-order valence-electron chi connectivity index (χ1n) is 41.5. The molecular weight excluding hydrogens is 1660 g/mol. The highest BCUT2D eigenvalue weighted by Gasteiger charge is 2.52. The van der Waals surface area contributed by atoms with Gasteiger partial charge in [-0.25, -0.2) is 9.98 Å². The number of rotatable bonds is 32. The quantitative estimate of drug-likeness (QED) is 0.0150. The lowest BCUT2D eigenvalue weighted by atomic mass is 9.65. The summed E-state index contributed by atoms with van der Waals surface area (Å²) < 4.78 is 130. The molecule has 0 saturated heterocycles. The number of esters is 1. The Hall–Kier alpha value is -12.5. The maximum absolute atomic E-state index is 14.1. The van der Waals surface area contributed by atoms with E-state index >= 15 is 0 Å². The third-order valence-corrected chi connectivity index (χ3v) is 22.2. The van der Waals surface area contributed by atoms with Crippen molar-refractivity contribution in [2.75, 3.05) is 35.8 Å². The van der Waals surface area contributed by atoms with Crippen molar-refractivity contribution in [3.05, 3.63) is 272 Å². The molecule has 0 bridgehead atoms. The van der Waals surface area contributed by atoms with Gasteiger partial charge in [-0.15, -0.1) is 39.5 Å². The number of hydrogen-bond acceptors (Lipinski definition) is 14. The number of ketones is 1. The van der Waals surface area contributed by atoms with Gasteiger partial charge in [-0.1, -0.05) is 187 Å². The number of carbonyl (C=O) groups is 9. The van der Waals surface area contributed by atoms with E-state index in [9.17, 15) is 87.8 Å². The van der Waals surface area contributed by atoms with Gasteiger partial charge in [0.05, 0.1) is 79.5 Å². The van der Waals surface area contributed by atoms with E-state index in [0.29, 0.717) is 46.6 Å². The Morgan fingerprint density at radius 3 is 0.977 bits per heavy atom. The van der Waals surface area contributed by atoms with Gasteiger partial charge >= 0.3 is 30.5 Å². The zero-order valence-corrected chi connectivity index (χ0v) is 74.4. The molecule has 9 rings (SSSR count). The van der Waals surface area contributed by atoms with E-state index in [1.807, 2.05) is 41.5 Å². The van der Waals surface area contributed by atoms with Crippen LogP contribution >= 0.6 is 0 Å². The van der Waals surface area contributed by atoms with E-state index in [1.165, 1.54) is 110 Å². The summed E-state index contributed by atoms with van der Waals surface area (Å²) >= 11 is 0. The number of hydrogen-bond donors (Lipinski definition) is 5. The number of ether oxygens (including phenoxy) is 1. The van der Waals surface area contributed by atoms with Gasteiger partial charge in [-0.2, -0.15) is 39.5 Å². The van der Waals surface area contributed by atoms with E-state index in [-0.39, 0.29) is 102 Å². The van der Waals surface area contributed by atoms with Gasteiger partial charge in [0, 0.05) is 59.9 Å². The van der Waals surface area contributed by atoms with Gasteiger partial charge in [0.2, 0.25) is 30.1 Å².